The Morgan fingerprint density at radius 1 is 0.879 bits per heavy atom. The number of carbonyl (C=O) groups excluding carboxylic acids is 5. The molecular weight excluding hydrogens is 750 g/mol. The Labute approximate surface area is 344 Å². The quantitative estimate of drug-likeness (QED) is 0.189. The minimum atomic E-state index is -2.53. The van der Waals surface area contributed by atoms with Gasteiger partial charge in [-0.3, -0.25) is 19.2 Å². The molecule has 0 aromatic heterocycles. The maximum Gasteiger partial charge on any atom is 0.329 e. The number of nitrogens with zero attached hydrogens (tertiary/aromatic N) is 1. The second kappa shape index (κ2) is 21.1. The lowest BCUT2D eigenvalue weighted by Crippen LogP contribution is -2.64. The summed E-state index contributed by atoms with van der Waals surface area (Å²) in [6, 6.07) is -1.17. The highest BCUT2D eigenvalue weighted by atomic mass is 16.7. The Kier molecular flexibility index (Phi) is 17.4. The third-order valence-electron chi connectivity index (χ3n) is 12.9. The molecule has 58 heavy (non-hydrogen) atoms. The summed E-state index contributed by atoms with van der Waals surface area (Å²) in [5, 5.41) is 34.1. The molecule has 3 heterocycles. The molecule has 2 bridgehead atoms. The minimum Gasteiger partial charge on any atom is -0.456 e. The van der Waals surface area contributed by atoms with E-state index in [1.807, 2.05) is 19.9 Å². The van der Waals surface area contributed by atoms with Crippen LogP contribution in [0.2, 0.25) is 0 Å². The normalized spacial score (nSPS) is 40.5. The Morgan fingerprint density at radius 2 is 1.53 bits per heavy atom. The Balaban J connectivity index is 1.79. The monoisotopic (exact) mass is 819 g/mol. The fourth-order valence-electron chi connectivity index (χ4n) is 9.53. The van der Waals surface area contributed by atoms with E-state index in [4.69, 9.17) is 23.7 Å². The first-order chi connectivity index (χ1) is 27.3. The van der Waals surface area contributed by atoms with Crippen LogP contribution < -0.4 is 0 Å². The van der Waals surface area contributed by atoms with Crippen molar-refractivity contribution in [1.29, 1.82) is 0 Å². The number of hydrogen-bond donors (Lipinski definition) is 3. The molecule has 4 aliphatic rings. The van der Waals surface area contributed by atoms with Gasteiger partial charge in [0.05, 0.1) is 30.5 Å². The van der Waals surface area contributed by atoms with Crippen LogP contribution in [-0.4, -0.2) is 132 Å². The average molecular weight is 820 g/mol. The number of amides is 1. The average Bonchev–Trinajstić information content (AvgIpc) is 3.18. The summed E-state index contributed by atoms with van der Waals surface area (Å²) in [6.45, 7) is 10.5. The van der Waals surface area contributed by atoms with Gasteiger partial charge in [-0.15, -0.1) is 0 Å². The number of piperidine rings is 1. The van der Waals surface area contributed by atoms with Crippen LogP contribution in [0.25, 0.3) is 0 Å². The van der Waals surface area contributed by atoms with Gasteiger partial charge in [0.15, 0.2) is 5.78 Å². The summed E-state index contributed by atoms with van der Waals surface area (Å²) in [5.74, 6) is -8.07. The number of aliphatic hydroxyl groups is 3. The van der Waals surface area contributed by atoms with Gasteiger partial charge in [0, 0.05) is 52.6 Å². The van der Waals surface area contributed by atoms with Gasteiger partial charge in [0.25, 0.3) is 11.7 Å². The van der Waals surface area contributed by atoms with E-state index >= 15 is 0 Å². The molecule has 0 aromatic carbocycles. The van der Waals surface area contributed by atoms with Crippen molar-refractivity contribution in [2.45, 2.75) is 167 Å². The van der Waals surface area contributed by atoms with Crippen LogP contribution in [0.5, 0.6) is 0 Å². The largest absolute Gasteiger partial charge is 0.456 e. The van der Waals surface area contributed by atoms with Gasteiger partial charge < -0.3 is 43.9 Å². The number of methoxy groups -OCH3 is 3. The molecule has 0 radical (unpaired) electrons. The SMILES string of the molecule is CO[C@H]1C[C@@H](C)CC(C)/C=C(\CC(C)=O)C(=O)C[C@H](O)[C@@H](C)C(C(C)=C[C@@H]2CC[C@@H](O)[C@H](OC)C2)OC(=O)[C@@H]2CCCCN2C(=O)C(=O)[C@]2(O)O[C@H]1[C@@H](OC)C[C@H]2C. The number of rotatable bonds is 7. The highest BCUT2D eigenvalue weighted by Gasteiger charge is 2.56. The molecule has 3 aliphatic heterocycles. The zero-order valence-electron chi connectivity index (χ0n) is 36.0. The smallest absolute Gasteiger partial charge is 0.329 e. The van der Waals surface area contributed by atoms with Crippen molar-refractivity contribution in [2.24, 2.45) is 29.6 Å². The van der Waals surface area contributed by atoms with E-state index < -0.39 is 77.9 Å². The number of esters is 1. The van der Waals surface area contributed by atoms with Crippen molar-refractivity contribution >= 4 is 29.2 Å². The molecule has 14 heteroatoms. The second-order valence-corrected chi connectivity index (χ2v) is 17.7. The predicted molar refractivity (Wildman–Crippen MR) is 213 cm³/mol. The number of aliphatic hydroxyl groups excluding tert-OH is 2. The van der Waals surface area contributed by atoms with Crippen LogP contribution in [0.1, 0.15) is 112 Å². The number of ether oxygens (including phenoxy) is 5. The maximum atomic E-state index is 14.3. The van der Waals surface area contributed by atoms with Crippen molar-refractivity contribution in [3.8, 4) is 0 Å². The third kappa shape index (κ3) is 11.5. The molecule has 3 N–H and O–H groups in total. The number of hydrogen-bond acceptors (Lipinski definition) is 13. The summed E-state index contributed by atoms with van der Waals surface area (Å²) in [6.07, 6.45) is 1.95. The van der Waals surface area contributed by atoms with Gasteiger partial charge in [-0.2, -0.15) is 0 Å². The summed E-state index contributed by atoms with van der Waals surface area (Å²) >= 11 is 0. The predicted octanol–water partition coefficient (Wildman–Crippen LogP) is 4.04. The van der Waals surface area contributed by atoms with Crippen molar-refractivity contribution in [2.75, 3.05) is 27.9 Å². The standard InChI is InChI=1S/C44H69NO13/c1-24-16-25(2)18-37(55-8)40-38(56-9)20-27(4)44(53,58-40)41(50)42(51)45-15-11-10-12-32(45)43(52)57-39(26(3)19-30-13-14-33(47)36(22-30)54-7)29(6)34(48)23-35(49)31(17-24)21-28(5)46/h17,19,24-25,27,29-30,32-34,36-40,47-48,53H,10-16,18,20-23H2,1-9H3/b26-19?,31-17+/t24?,25-,27+,29+,30-,32-,33+,34-,36+,37-,38-,39?,40+,44+/m0/s1. The molecular formula is C44H69NO13. The molecule has 4 rings (SSSR count). The molecule has 328 valence electrons. The van der Waals surface area contributed by atoms with Crippen molar-refractivity contribution in [3.05, 3.63) is 23.3 Å². The van der Waals surface area contributed by atoms with Crippen LogP contribution in [0.4, 0.5) is 0 Å². The van der Waals surface area contributed by atoms with Crippen LogP contribution in [-0.2, 0) is 47.7 Å². The highest BCUT2D eigenvalue weighted by Crippen LogP contribution is 2.39. The molecule has 1 aliphatic carbocycles. The van der Waals surface area contributed by atoms with Gasteiger partial charge >= 0.3 is 5.97 Å². The van der Waals surface area contributed by atoms with Crippen molar-refractivity contribution in [1.82, 2.24) is 4.90 Å². The van der Waals surface area contributed by atoms with E-state index in [9.17, 15) is 39.3 Å². The lowest BCUT2D eigenvalue weighted by atomic mass is 9.81. The molecule has 0 spiro atoms. The van der Waals surface area contributed by atoms with Gasteiger partial charge in [-0.05, 0) is 101 Å². The first kappa shape index (κ1) is 47.8. The number of allylic oxidation sites excluding steroid dienone is 3. The lowest BCUT2D eigenvalue weighted by Gasteiger charge is -2.47. The number of cyclic esters (lactones) is 1. The van der Waals surface area contributed by atoms with E-state index in [2.05, 4.69) is 0 Å². The molecule has 14 nitrogen and oxygen atoms in total. The lowest BCUT2D eigenvalue weighted by molar-refractivity contribution is -0.302. The van der Waals surface area contributed by atoms with Crippen LogP contribution in [0, 0.1) is 29.6 Å². The molecule has 14 atom stereocenters. The zero-order chi connectivity index (χ0) is 43.1. The van der Waals surface area contributed by atoms with E-state index in [1.165, 1.54) is 21.1 Å². The zero-order valence-corrected chi connectivity index (χ0v) is 36.0. The second-order valence-electron chi connectivity index (χ2n) is 17.7. The van der Waals surface area contributed by atoms with E-state index in [0.717, 1.165) is 4.90 Å². The molecule has 1 amide bonds. The Bertz CT molecular complexity index is 1530. The van der Waals surface area contributed by atoms with Crippen LogP contribution in [0.3, 0.4) is 0 Å². The summed E-state index contributed by atoms with van der Waals surface area (Å²) in [4.78, 5) is 70.3. The molecule has 3 fully saturated rings. The molecule has 2 saturated heterocycles. The van der Waals surface area contributed by atoms with Gasteiger partial charge in [-0.25, -0.2) is 4.79 Å². The number of fused-ring (bicyclic) bond motifs is 3. The third-order valence-corrected chi connectivity index (χ3v) is 12.9. The molecule has 2 unspecified atom stereocenters. The molecule has 1 saturated carbocycles. The van der Waals surface area contributed by atoms with Crippen LogP contribution in [0.15, 0.2) is 23.3 Å². The maximum absolute atomic E-state index is 14.3. The number of Topliss-reactive ketones (excluding diaryl/α,β-unsaturated/α-hetero) is 3. The van der Waals surface area contributed by atoms with Crippen molar-refractivity contribution < 1.29 is 63.0 Å². The van der Waals surface area contributed by atoms with Gasteiger partial charge in [0.2, 0.25) is 5.79 Å². The van der Waals surface area contributed by atoms with Crippen molar-refractivity contribution in [3.63, 3.8) is 0 Å². The summed E-state index contributed by atoms with van der Waals surface area (Å²) in [7, 11) is 4.56. The van der Waals surface area contributed by atoms with E-state index in [1.54, 1.807) is 34.0 Å². The van der Waals surface area contributed by atoms with E-state index in [-0.39, 0.29) is 67.7 Å². The Morgan fingerprint density at radius 3 is 2.17 bits per heavy atom. The number of carbonyl (C=O) groups is 5. The summed E-state index contributed by atoms with van der Waals surface area (Å²) in [5.41, 5.74) is 0.905. The van der Waals surface area contributed by atoms with Gasteiger partial charge in [0.1, 0.15) is 24.0 Å². The van der Waals surface area contributed by atoms with Crippen LogP contribution >= 0.6 is 0 Å². The molecule has 0 aromatic rings. The highest BCUT2D eigenvalue weighted by molar-refractivity contribution is 6.39. The van der Waals surface area contributed by atoms with E-state index in [0.29, 0.717) is 56.1 Å². The van der Waals surface area contributed by atoms with Gasteiger partial charge in [-0.1, -0.05) is 39.8 Å². The Hall–Kier alpha value is -2.85. The fraction of sp³-hybridized carbons (Fsp3) is 0.795. The first-order valence-electron chi connectivity index (χ1n) is 21.2. The number of ketones is 3. The summed E-state index contributed by atoms with van der Waals surface area (Å²) < 4.78 is 29.7. The topological polar surface area (TPSA) is 195 Å². The fourth-order valence-corrected chi connectivity index (χ4v) is 9.53. The first-order valence-corrected chi connectivity index (χ1v) is 21.2. The minimum absolute atomic E-state index is 0.0325.